The largest absolute Gasteiger partial charge is 0.433 e. The fraction of sp³-hybridized carbons (Fsp3) is 0.409. The molecule has 0 atom stereocenters. The van der Waals surface area contributed by atoms with Gasteiger partial charge in [0.25, 0.3) is 0 Å². The van der Waals surface area contributed by atoms with E-state index in [-0.39, 0.29) is 11.8 Å². The number of imidazole rings is 1. The molecule has 0 aromatic carbocycles. The summed E-state index contributed by atoms with van der Waals surface area (Å²) >= 11 is 0. The smallest absolute Gasteiger partial charge is 0.371 e. The summed E-state index contributed by atoms with van der Waals surface area (Å²) in [5.41, 5.74) is 4.85. The lowest BCUT2D eigenvalue weighted by atomic mass is 9.95. The number of alkyl halides is 3. The summed E-state index contributed by atoms with van der Waals surface area (Å²) in [6.45, 7) is 6.27. The Morgan fingerprint density at radius 1 is 1.19 bits per heavy atom. The molecule has 1 amide bonds. The number of aromatic nitrogens is 3. The fourth-order valence-electron chi connectivity index (χ4n) is 4.54. The van der Waals surface area contributed by atoms with E-state index in [2.05, 4.69) is 14.4 Å². The third-order valence-corrected chi connectivity index (χ3v) is 6.18. The standard InChI is InChI=1S/C22H22F3N5O/c1-13-5-20-27-14(2)8-30(20)18-12-29(11-17(13)18)21(31)6-15-9-28(10-15)16-3-4-26-19(7-16)22(23,24)25/h3-5,7-8,15H,6,9-12H2,1-2H3. The third-order valence-electron chi connectivity index (χ3n) is 6.18. The van der Waals surface area contributed by atoms with Gasteiger partial charge in [0, 0.05) is 55.7 Å². The van der Waals surface area contributed by atoms with Crippen LogP contribution in [-0.4, -0.2) is 38.3 Å². The summed E-state index contributed by atoms with van der Waals surface area (Å²) < 4.78 is 40.7. The molecule has 1 saturated heterocycles. The highest BCUT2D eigenvalue weighted by atomic mass is 19.4. The van der Waals surface area contributed by atoms with Gasteiger partial charge in [0.15, 0.2) is 0 Å². The number of hydrogen-bond acceptors (Lipinski definition) is 4. The van der Waals surface area contributed by atoms with Crippen LogP contribution in [0.1, 0.15) is 34.6 Å². The van der Waals surface area contributed by atoms with Gasteiger partial charge < -0.3 is 14.2 Å². The number of fused-ring (bicyclic) bond motifs is 3. The fourth-order valence-corrected chi connectivity index (χ4v) is 4.54. The van der Waals surface area contributed by atoms with Crippen LogP contribution < -0.4 is 4.90 Å². The van der Waals surface area contributed by atoms with E-state index < -0.39 is 11.9 Å². The Morgan fingerprint density at radius 3 is 2.71 bits per heavy atom. The molecule has 2 aliphatic rings. The average Bonchev–Trinajstić information content (AvgIpc) is 3.27. The Morgan fingerprint density at radius 2 is 1.97 bits per heavy atom. The topological polar surface area (TPSA) is 53.7 Å². The van der Waals surface area contributed by atoms with Gasteiger partial charge in [-0.2, -0.15) is 13.2 Å². The lowest BCUT2D eigenvalue weighted by Gasteiger charge is -2.41. The number of aryl methyl sites for hydroxylation is 2. The summed E-state index contributed by atoms with van der Waals surface area (Å²) in [4.78, 5) is 24.6. The minimum Gasteiger partial charge on any atom is -0.371 e. The Kier molecular flexibility index (Phi) is 4.46. The van der Waals surface area contributed by atoms with Crippen LogP contribution in [0.25, 0.3) is 5.65 Å². The SMILES string of the molecule is Cc1cn2c3c(c(C)cc2n1)CN(C(=O)CC1CN(c2ccnc(C(F)(F)F)c2)C1)C3. The summed E-state index contributed by atoms with van der Waals surface area (Å²) in [6.07, 6.45) is -0.889. The predicted molar refractivity (Wildman–Crippen MR) is 108 cm³/mol. The van der Waals surface area contributed by atoms with Gasteiger partial charge in [-0.3, -0.25) is 9.78 Å². The lowest BCUT2D eigenvalue weighted by Crippen LogP contribution is -2.48. The molecule has 3 aromatic heterocycles. The maximum Gasteiger partial charge on any atom is 0.433 e. The van der Waals surface area contributed by atoms with Crippen molar-refractivity contribution in [1.82, 2.24) is 19.3 Å². The molecule has 0 aliphatic carbocycles. The van der Waals surface area contributed by atoms with Crippen LogP contribution >= 0.6 is 0 Å². The van der Waals surface area contributed by atoms with Crippen LogP contribution in [0.3, 0.4) is 0 Å². The van der Waals surface area contributed by atoms with Crippen LogP contribution in [0.2, 0.25) is 0 Å². The minimum absolute atomic E-state index is 0.0796. The van der Waals surface area contributed by atoms with Crippen molar-refractivity contribution in [2.75, 3.05) is 18.0 Å². The summed E-state index contributed by atoms with van der Waals surface area (Å²) in [7, 11) is 0. The Bertz CT molecular complexity index is 1180. The maximum absolute atomic E-state index is 12.9. The van der Waals surface area contributed by atoms with Gasteiger partial charge in [-0.25, -0.2) is 4.98 Å². The minimum atomic E-state index is -4.46. The van der Waals surface area contributed by atoms with Crippen molar-refractivity contribution < 1.29 is 18.0 Å². The highest BCUT2D eigenvalue weighted by Crippen LogP contribution is 2.34. The number of carbonyl (C=O) groups is 1. The molecule has 2 aliphatic heterocycles. The lowest BCUT2D eigenvalue weighted by molar-refractivity contribution is -0.141. The highest BCUT2D eigenvalue weighted by molar-refractivity contribution is 5.78. The zero-order valence-electron chi connectivity index (χ0n) is 17.3. The summed E-state index contributed by atoms with van der Waals surface area (Å²) in [5, 5.41) is 0. The number of rotatable bonds is 3. The second-order valence-corrected chi connectivity index (χ2v) is 8.49. The number of pyridine rings is 2. The van der Waals surface area contributed by atoms with Crippen molar-refractivity contribution >= 4 is 17.2 Å². The Labute approximate surface area is 177 Å². The molecule has 0 saturated carbocycles. The van der Waals surface area contributed by atoms with Gasteiger partial charge in [-0.05, 0) is 43.2 Å². The maximum atomic E-state index is 12.9. The van der Waals surface area contributed by atoms with Gasteiger partial charge in [-0.1, -0.05) is 0 Å². The molecule has 31 heavy (non-hydrogen) atoms. The van der Waals surface area contributed by atoms with E-state index in [1.165, 1.54) is 11.8 Å². The predicted octanol–water partition coefficient (Wildman–Crippen LogP) is 3.73. The summed E-state index contributed by atoms with van der Waals surface area (Å²) in [5.74, 6) is 0.214. The van der Waals surface area contributed by atoms with Crippen molar-refractivity contribution in [2.45, 2.75) is 39.5 Å². The first-order valence-corrected chi connectivity index (χ1v) is 10.2. The normalized spacial score (nSPS) is 16.7. The molecule has 9 heteroatoms. The quantitative estimate of drug-likeness (QED) is 0.637. The molecular formula is C22H22F3N5O. The molecule has 162 valence electrons. The van der Waals surface area contributed by atoms with Gasteiger partial charge in [-0.15, -0.1) is 0 Å². The average molecular weight is 429 g/mol. The van der Waals surface area contributed by atoms with E-state index in [1.807, 2.05) is 35.9 Å². The highest BCUT2D eigenvalue weighted by Gasteiger charge is 2.36. The van der Waals surface area contributed by atoms with E-state index in [4.69, 9.17) is 0 Å². The van der Waals surface area contributed by atoms with Crippen LogP contribution in [0.15, 0.2) is 30.6 Å². The van der Waals surface area contributed by atoms with E-state index in [0.29, 0.717) is 38.3 Å². The molecular weight excluding hydrogens is 407 g/mol. The molecule has 0 bridgehead atoms. The number of nitrogens with zero attached hydrogens (tertiary/aromatic N) is 5. The molecule has 1 fully saturated rings. The first-order valence-electron chi connectivity index (χ1n) is 10.2. The second kappa shape index (κ2) is 6.96. The van der Waals surface area contributed by atoms with Crippen LogP contribution in [0.4, 0.5) is 18.9 Å². The molecule has 5 rings (SSSR count). The number of hydrogen-bond donors (Lipinski definition) is 0. The zero-order valence-corrected chi connectivity index (χ0v) is 17.3. The van der Waals surface area contributed by atoms with E-state index in [1.54, 1.807) is 6.07 Å². The van der Waals surface area contributed by atoms with Crippen molar-refractivity contribution in [3.8, 4) is 0 Å². The first kappa shape index (κ1) is 19.8. The van der Waals surface area contributed by atoms with Crippen molar-refractivity contribution in [1.29, 1.82) is 0 Å². The van der Waals surface area contributed by atoms with Crippen molar-refractivity contribution in [3.05, 3.63) is 58.8 Å². The van der Waals surface area contributed by atoms with E-state index in [0.717, 1.165) is 28.7 Å². The van der Waals surface area contributed by atoms with Gasteiger partial charge in [0.1, 0.15) is 11.3 Å². The Balaban J connectivity index is 1.22. The number of halogens is 3. The van der Waals surface area contributed by atoms with E-state index >= 15 is 0 Å². The van der Waals surface area contributed by atoms with Crippen LogP contribution in [0.5, 0.6) is 0 Å². The van der Waals surface area contributed by atoms with Crippen LogP contribution in [0, 0.1) is 19.8 Å². The zero-order chi connectivity index (χ0) is 21.9. The van der Waals surface area contributed by atoms with Gasteiger partial charge >= 0.3 is 6.18 Å². The molecule has 5 heterocycles. The third kappa shape index (κ3) is 3.51. The number of anilines is 1. The molecule has 0 unspecified atom stereocenters. The Hall–Kier alpha value is -3.10. The monoisotopic (exact) mass is 429 g/mol. The molecule has 0 radical (unpaired) electrons. The van der Waals surface area contributed by atoms with Gasteiger partial charge in [0.05, 0.1) is 12.2 Å². The molecule has 0 N–H and O–H groups in total. The molecule has 0 spiro atoms. The van der Waals surface area contributed by atoms with Gasteiger partial charge in [0.2, 0.25) is 5.91 Å². The number of carbonyl (C=O) groups excluding carboxylic acids is 1. The number of amides is 1. The van der Waals surface area contributed by atoms with Crippen molar-refractivity contribution in [3.63, 3.8) is 0 Å². The van der Waals surface area contributed by atoms with E-state index in [9.17, 15) is 18.0 Å². The second-order valence-electron chi connectivity index (χ2n) is 8.49. The molecule has 3 aromatic rings. The first-order chi connectivity index (χ1) is 14.7. The summed E-state index contributed by atoms with van der Waals surface area (Å²) in [6, 6.07) is 4.69. The van der Waals surface area contributed by atoms with Crippen molar-refractivity contribution in [2.24, 2.45) is 5.92 Å². The molecule has 6 nitrogen and oxygen atoms in total. The van der Waals surface area contributed by atoms with Crippen LogP contribution in [-0.2, 0) is 24.1 Å².